The molecule has 6 aliphatic rings. The standard InChI is InChI=1S/C22H31NO5/c1-5-6-8-21-14-7-9-23(21)13-10-15(21)27-22(14)16(13)11(2)18(28-22)19-17(25-4)12(3)20(24)26-19/h11,13-16,18-19H,5-10H2,1-4H3/t11-,13-,14-,15+,16+,18-,19-,21-,22+/m0/s1. The van der Waals surface area contributed by atoms with Gasteiger partial charge in [0.2, 0.25) is 0 Å². The molecule has 6 nitrogen and oxygen atoms in total. The number of hydrogen-bond acceptors (Lipinski definition) is 6. The van der Waals surface area contributed by atoms with Gasteiger partial charge in [-0.3, -0.25) is 4.90 Å². The monoisotopic (exact) mass is 389 g/mol. The Balaban J connectivity index is 1.39. The largest absolute Gasteiger partial charge is 0.496 e. The first-order valence-corrected chi connectivity index (χ1v) is 11.1. The van der Waals surface area contributed by atoms with Gasteiger partial charge >= 0.3 is 5.97 Å². The third kappa shape index (κ3) is 1.72. The molecule has 5 bridgehead atoms. The van der Waals surface area contributed by atoms with Crippen LogP contribution in [0, 0.1) is 17.8 Å². The zero-order chi connectivity index (χ0) is 19.4. The lowest BCUT2D eigenvalue weighted by molar-refractivity contribution is -0.280. The fourth-order valence-corrected chi connectivity index (χ4v) is 8.05. The second kappa shape index (κ2) is 5.52. The number of carbonyl (C=O) groups excluding carboxylic acids is 1. The Morgan fingerprint density at radius 1 is 1.32 bits per heavy atom. The van der Waals surface area contributed by atoms with E-state index in [0.717, 1.165) is 12.8 Å². The summed E-state index contributed by atoms with van der Waals surface area (Å²) in [7, 11) is 1.62. The van der Waals surface area contributed by atoms with Crippen molar-refractivity contribution in [1.29, 1.82) is 0 Å². The first-order valence-electron chi connectivity index (χ1n) is 11.1. The van der Waals surface area contributed by atoms with Gasteiger partial charge in [0.15, 0.2) is 11.9 Å². The van der Waals surface area contributed by atoms with Crippen molar-refractivity contribution in [3.8, 4) is 0 Å². The number of fused-ring (bicyclic) bond motifs is 1. The number of esters is 1. The molecule has 1 spiro atoms. The predicted octanol–water partition coefficient (Wildman–Crippen LogP) is 2.62. The minimum Gasteiger partial charge on any atom is -0.496 e. The lowest BCUT2D eigenvalue weighted by Gasteiger charge is -2.49. The minimum absolute atomic E-state index is 0.175. The van der Waals surface area contributed by atoms with Gasteiger partial charge in [-0.2, -0.15) is 0 Å². The summed E-state index contributed by atoms with van der Waals surface area (Å²) < 4.78 is 25.0. The van der Waals surface area contributed by atoms with Crippen LogP contribution < -0.4 is 0 Å². The molecule has 154 valence electrons. The van der Waals surface area contributed by atoms with Crippen molar-refractivity contribution >= 4 is 5.97 Å². The van der Waals surface area contributed by atoms with Gasteiger partial charge in [-0.25, -0.2) is 4.79 Å². The quantitative estimate of drug-likeness (QED) is 0.674. The van der Waals surface area contributed by atoms with Crippen LogP contribution in [-0.2, 0) is 23.7 Å². The molecule has 0 saturated carbocycles. The minimum atomic E-state index is -0.500. The molecule has 0 aromatic carbocycles. The Morgan fingerprint density at radius 2 is 2.14 bits per heavy atom. The van der Waals surface area contributed by atoms with Crippen molar-refractivity contribution in [2.24, 2.45) is 17.8 Å². The smallest absolute Gasteiger partial charge is 0.338 e. The summed E-state index contributed by atoms with van der Waals surface area (Å²) in [6, 6.07) is 0.530. The summed E-state index contributed by atoms with van der Waals surface area (Å²) in [4.78, 5) is 15.0. The average Bonchev–Trinajstić information content (AvgIpc) is 3.38. The van der Waals surface area contributed by atoms with Crippen LogP contribution in [0.1, 0.15) is 52.9 Å². The van der Waals surface area contributed by atoms with E-state index in [9.17, 15) is 4.79 Å². The van der Waals surface area contributed by atoms with Crippen LogP contribution >= 0.6 is 0 Å². The number of carbonyl (C=O) groups is 1. The zero-order valence-corrected chi connectivity index (χ0v) is 17.3. The number of methoxy groups -OCH3 is 1. The number of ether oxygens (including phenoxy) is 4. The highest BCUT2D eigenvalue weighted by Crippen LogP contribution is 2.72. The maximum Gasteiger partial charge on any atom is 0.338 e. The van der Waals surface area contributed by atoms with E-state index in [1.54, 1.807) is 14.0 Å². The van der Waals surface area contributed by atoms with E-state index in [1.807, 2.05) is 0 Å². The molecule has 0 N–H and O–H groups in total. The lowest BCUT2D eigenvalue weighted by atomic mass is 9.69. The molecule has 6 heterocycles. The van der Waals surface area contributed by atoms with E-state index in [1.165, 1.54) is 25.8 Å². The van der Waals surface area contributed by atoms with Crippen molar-refractivity contribution in [3.63, 3.8) is 0 Å². The first-order chi connectivity index (χ1) is 13.5. The normalized spacial score (nSPS) is 55.4. The first kappa shape index (κ1) is 17.7. The van der Waals surface area contributed by atoms with Gasteiger partial charge in [0.05, 0.1) is 24.3 Å². The molecule has 0 radical (unpaired) electrons. The van der Waals surface area contributed by atoms with Crippen molar-refractivity contribution in [3.05, 3.63) is 11.3 Å². The Hall–Kier alpha value is -1.11. The molecule has 0 aromatic heterocycles. The van der Waals surface area contributed by atoms with Crippen molar-refractivity contribution < 1.29 is 23.7 Å². The van der Waals surface area contributed by atoms with Gasteiger partial charge in [-0.05, 0) is 38.6 Å². The van der Waals surface area contributed by atoms with E-state index in [4.69, 9.17) is 18.9 Å². The van der Waals surface area contributed by atoms with E-state index in [0.29, 0.717) is 35.3 Å². The predicted molar refractivity (Wildman–Crippen MR) is 100 cm³/mol. The molecule has 6 rings (SSSR count). The number of cyclic esters (lactones) is 1. The second-order valence-electron chi connectivity index (χ2n) is 9.75. The van der Waals surface area contributed by atoms with E-state index in [2.05, 4.69) is 18.7 Å². The molecule has 0 aromatic rings. The van der Waals surface area contributed by atoms with Gasteiger partial charge in [-0.1, -0.05) is 26.7 Å². The molecule has 6 heteroatoms. The van der Waals surface area contributed by atoms with Crippen molar-refractivity contribution in [2.75, 3.05) is 13.7 Å². The van der Waals surface area contributed by atoms with Crippen LogP contribution in [0.15, 0.2) is 11.3 Å². The number of piperidine rings is 1. The highest BCUT2D eigenvalue weighted by molar-refractivity contribution is 5.91. The highest BCUT2D eigenvalue weighted by atomic mass is 16.7. The van der Waals surface area contributed by atoms with Gasteiger partial charge < -0.3 is 18.9 Å². The SMILES string of the molecule is CCCC[C@@]12[C@@H]3CCN1[C@H]1C[C@H]2O[C@@]32O[C@H]([C@H]3OC(=O)C(C)=C3OC)[C@@H](C)[C@H]12. The summed E-state index contributed by atoms with van der Waals surface area (Å²) in [5, 5.41) is 0. The summed E-state index contributed by atoms with van der Waals surface area (Å²) in [5.74, 6) is 0.872. The number of hydrogen-bond donors (Lipinski definition) is 0. The van der Waals surface area contributed by atoms with E-state index >= 15 is 0 Å². The Kier molecular flexibility index (Phi) is 3.50. The Labute approximate surface area is 166 Å². The van der Waals surface area contributed by atoms with Gasteiger partial charge in [0.25, 0.3) is 0 Å². The number of rotatable bonds is 5. The molecule has 0 amide bonds. The van der Waals surface area contributed by atoms with Crippen LogP contribution in [0.5, 0.6) is 0 Å². The summed E-state index contributed by atoms with van der Waals surface area (Å²) in [6.45, 7) is 7.49. The van der Waals surface area contributed by atoms with Crippen molar-refractivity contribution in [2.45, 2.75) is 88.6 Å². The summed E-state index contributed by atoms with van der Waals surface area (Å²) in [6.07, 6.45) is 5.60. The fourth-order valence-electron chi connectivity index (χ4n) is 8.05. The van der Waals surface area contributed by atoms with E-state index in [-0.39, 0.29) is 23.5 Å². The van der Waals surface area contributed by atoms with Crippen LogP contribution in [-0.4, -0.2) is 60.2 Å². The number of nitrogens with zero attached hydrogens (tertiary/aromatic N) is 1. The highest BCUT2D eigenvalue weighted by Gasteiger charge is 2.83. The van der Waals surface area contributed by atoms with Crippen LogP contribution in [0.3, 0.4) is 0 Å². The summed E-state index contributed by atoms with van der Waals surface area (Å²) in [5.41, 5.74) is 0.739. The van der Waals surface area contributed by atoms with Gasteiger partial charge in [-0.15, -0.1) is 0 Å². The number of unbranched alkanes of at least 4 members (excludes halogenated alkanes) is 1. The Morgan fingerprint density at radius 3 is 2.89 bits per heavy atom. The third-order valence-corrected chi connectivity index (χ3v) is 8.92. The molecule has 5 saturated heterocycles. The lowest BCUT2D eigenvalue weighted by Crippen LogP contribution is -2.61. The second-order valence-corrected chi connectivity index (χ2v) is 9.75. The van der Waals surface area contributed by atoms with Crippen LogP contribution in [0.4, 0.5) is 0 Å². The maximum absolute atomic E-state index is 12.2. The van der Waals surface area contributed by atoms with Crippen molar-refractivity contribution in [1.82, 2.24) is 4.90 Å². The topological polar surface area (TPSA) is 57.2 Å². The molecular weight excluding hydrogens is 358 g/mol. The fraction of sp³-hybridized carbons (Fsp3) is 0.864. The molecule has 5 fully saturated rings. The maximum atomic E-state index is 12.2. The van der Waals surface area contributed by atoms with Crippen LogP contribution in [0.2, 0.25) is 0 Å². The molecule has 10 atom stereocenters. The van der Waals surface area contributed by atoms with Gasteiger partial charge in [0, 0.05) is 17.9 Å². The molecule has 0 aliphatic carbocycles. The third-order valence-electron chi connectivity index (χ3n) is 8.92. The van der Waals surface area contributed by atoms with Gasteiger partial charge in [0.1, 0.15) is 11.9 Å². The molecule has 1 unspecified atom stereocenters. The van der Waals surface area contributed by atoms with Crippen LogP contribution in [0.25, 0.3) is 0 Å². The van der Waals surface area contributed by atoms with E-state index < -0.39 is 11.9 Å². The molecular formula is C22H31NO5. The Bertz CT molecular complexity index is 766. The summed E-state index contributed by atoms with van der Waals surface area (Å²) >= 11 is 0. The molecule has 6 aliphatic heterocycles. The molecule has 28 heavy (non-hydrogen) atoms. The average molecular weight is 389 g/mol. The zero-order valence-electron chi connectivity index (χ0n) is 17.3.